The van der Waals surface area contributed by atoms with Crippen LogP contribution in [0.5, 0.6) is 0 Å². The number of esters is 1. The van der Waals surface area contributed by atoms with Crippen LogP contribution in [0.25, 0.3) is 0 Å². The predicted molar refractivity (Wildman–Crippen MR) is 76.8 cm³/mol. The maximum Gasteiger partial charge on any atom is 0.336 e. The fourth-order valence-electron chi connectivity index (χ4n) is 2.09. The molecule has 1 atom stereocenters. The highest BCUT2D eigenvalue weighted by Crippen LogP contribution is 2.44. The van der Waals surface area contributed by atoms with Crippen LogP contribution in [0.4, 0.5) is 0 Å². The van der Waals surface area contributed by atoms with Gasteiger partial charge in [-0.15, -0.1) is 23.5 Å². The van der Waals surface area contributed by atoms with Gasteiger partial charge in [-0.1, -0.05) is 19.9 Å². The smallest absolute Gasteiger partial charge is 0.336 e. The summed E-state index contributed by atoms with van der Waals surface area (Å²) in [5.41, 5.74) is 0.569. The lowest BCUT2D eigenvalue weighted by Gasteiger charge is -2.35. The number of carbonyl (C=O) groups is 1. The van der Waals surface area contributed by atoms with Crippen molar-refractivity contribution in [1.29, 1.82) is 0 Å². The average molecular weight is 288 g/mol. The highest BCUT2D eigenvalue weighted by atomic mass is 32.2. The van der Waals surface area contributed by atoms with Crippen molar-refractivity contribution >= 4 is 29.5 Å². The van der Waals surface area contributed by atoms with Gasteiger partial charge in [0.25, 0.3) is 0 Å². The van der Waals surface area contributed by atoms with Crippen LogP contribution < -0.4 is 0 Å². The maximum atomic E-state index is 11.4. The summed E-state index contributed by atoms with van der Waals surface area (Å²) in [6.07, 6.45) is 3.23. The molecule has 2 aliphatic rings. The van der Waals surface area contributed by atoms with Gasteiger partial charge in [0.15, 0.2) is 0 Å². The Morgan fingerprint density at radius 3 is 2.67 bits per heavy atom. The molecule has 18 heavy (non-hydrogen) atoms. The number of thioether (sulfide) groups is 2. The number of aliphatic hydroxyl groups is 1. The van der Waals surface area contributed by atoms with Crippen LogP contribution in [0.15, 0.2) is 11.6 Å². The lowest BCUT2D eigenvalue weighted by Crippen LogP contribution is -2.26. The third kappa shape index (κ3) is 3.25. The zero-order chi connectivity index (χ0) is 13.2. The molecule has 3 nitrogen and oxygen atoms in total. The topological polar surface area (TPSA) is 46.5 Å². The van der Waals surface area contributed by atoms with Gasteiger partial charge in [0.05, 0.1) is 10.2 Å². The molecular weight excluding hydrogens is 268 g/mol. The molecule has 2 heterocycles. The molecule has 0 aliphatic carbocycles. The Hall–Kier alpha value is -0.130. The molecule has 2 aliphatic heterocycles. The molecule has 2 saturated heterocycles. The molecular formula is C13H20O3S2. The van der Waals surface area contributed by atoms with Crippen LogP contribution >= 0.6 is 23.5 Å². The number of ether oxygens (including phenoxy) is 1. The zero-order valence-electron chi connectivity index (χ0n) is 10.8. The third-order valence-electron chi connectivity index (χ3n) is 3.28. The second kappa shape index (κ2) is 5.88. The van der Waals surface area contributed by atoms with Crippen molar-refractivity contribution in [3.05, 3.63) is 11.6 Å². The SMILES string of the molecule is CC(C)(C/C=C1/C(=O)OCC1O)C1SCCCS1. The Balaban J connectivity index is 1.99. The van der Waals surface area contributed by atoms with Crippen LogP contribution in [0.3, 0.4) is 0 Å². The highest BCUT2D eigenvalue weighted by molar-refractivity contribution is 8.17. The monoisotopic (exact) mass is 288 g/mol. The lowest BCUT2D eigenvalue weighted by atomic mass is 9.90. The van der Waals surface area contributed by atoms with E-state index in [-0.39, 0.29) is 18.0 Å². The van der Waals surface area contributed by atoms with Gasteiger partial charge < -0.3 is 9.84 Å². The zero-order valence-corrected chi connectivity index (χ0v) is 12.5. The Kier molecular flexibility index (Phi) is 4.67. The fourth-order valence-corrected chi connectivity index (χ4v) is 5.38. The summed E-state index contributed by atoms with van der Waals surface area (Å²) in [5.74, 6) is 2.09. The molecule has 5 heteroatoms. The van der Waals surface area contributed by atoms with E-state index in [9.17, 15) is 9.90 Å². The molecule has 0 aromatic carbocycles. The highest BCUT2D eigenvalue weighted by Gasteiger charge is 2.33. The average Bonchev–Trinajstić information content (AvgIpc) is 2.68. The summed E-state index contributed by atoms with van der Waals surface area (Å²) in [5, 5.41) is 9.64. The van der Waals surface area contributed by atoms with Gasteiger partial charge in [-0.05, 0) is 29.8 Å². The van der Waals surface area contributed by atoms with Crippen molar-refractivity contribution in [3.63, 3.8) is 0 Å². The van der Waals surface area contributed by atoms with Crippen molar-refractivity contribution in [2.45, 2.75) is 37.4 Å². The molecule has 2 fully saturated rings. The molecule has 0 radical (unpaired) electrons. The second-order valence-electron chi connectivity index (χ2n) is 5.39. The van der Waals surface area contributed by atoms with Gasteiger partial charge >= 0.3 is 5.97 Å². The van der Waals surface area contributed by atoms with E-state index in [0.717, 1.165) is 6.42 Å². The first-order valence-corrected chi connectivity index (χ1v) is 8.39. The van der Waals surface area contributed by atoms with Gasteiger partial charge in [0, 0.05) is 0 Å². The summed E-state index contributed by atoms with van der Waals surface area (Å²) >= 11 is 4.02. The molecule has 0 aromatic rings. The fraction of sp³-hybridized carbons (Fsp3) is 0.769. The van der Waals surface area contributed by atoms with E-state index in [1.807, 2.05) is 29.6 Å². The Bertz CT molecular complexity index is 346. The summed E-state index contributed by atoms with van der Waals surface area (Å²) in [6, 6.07) is 0. The number of hydrogen-bond donors (Lipinski definition) is 1. The Labute approximate surface area is 117 Å². The minimum atomic E-state index is -0.736. The van der Waals surface area contributed by atoms with E-state index >= 15 is 0 Å². The normalized spacial score (nSPS) is 28.7. The van der Waals surface area contributed by atoms with Crippen molar-refractivity contribution in [2.24, 2.45) is 5.41 Å². The molecule has 1 N–H and O–H groups in total. The van der Waals surface area contributed by atoms with Crippen molar-refractivity contribution in [1.82, 2.24) is 0 Å². The van der Waals surface area contributed by atoms with Crippen LogP contribution in [0, 0.1) is 5.41 Å². The molecule has 1 unspecified atom stereocenters. The summed E-state index contributed by atoms with van der Waals surface area (Å²) in [4.78, 5) is 11.4. The van der Waals surface area contributed by atoms with E-state index < -0.39 is 6.10 Å². The van der Waals surface area contributed by atoms with Crippen LogP contribution in [0.2, 0.25) is 0 Å². The summed E-state index contributed by atoms with van der Waals surface area (Å²) in [7, 11) is 0. The van der Waals surface area contributed by atoms with Gasteiger partial charge in [0.1, 0.15) is 12.7 Å². The Morgan fingerprint density at radius 1 is 1.44 bits per heavy atom. The lowest BCUT2D eigenvalue weighted by molar-refractivity contribution is -0.135. The standard InChI is InChI=1S/C13H20O3S2/c1-13(2,12-17-6-3-7-18-12)5-4-9-10(14)8-16-11(9)15/h4,10,12,14H,3,5-8H2,1-2H3/b9-4+. The quantitative estimate of drug-likeness (QED) is 0.638. The van der Waals surface area contributed by atoms with Gasteiger partial charge in [-0.3, -0.25) is 0 Å². The molecule has 0 bridgehead atoms. The van der Waals surface area contributed by atoms with Crippen molar-refractivity contribution < 1.29 is 14.6 Å². The van der Waals surface area contributed by atoms with E-state index in [4.69, 9.17) is 4.74 Å². The van der Waals surface area contributed by atoms with E-state index in [0.29, 0.717) is 10.2 Å². The van der Waals surface area contributed by atoms with Gasteiger partial charge in [-0.2, -0.15) is 0 Å². The van der Waals surface area contributed by atoms with E-state index in [2.05, 4.69) is 13.8 Å². The number of carbonyl (C=O) groups excluding carboxylic acids is 1. The number of allylic oxidation sites excluding steroid dienone is 1. The summed E-state index contributed by atoms with van der Waals surface area (Å²) in [6.45, 7) is 4.57. The molecule has 0 aromatic heterocycles. The van der Waals surface area contributed by atoms with E-state index in [1.54, 1.807) is 0 Å². The first kappa shape index (κ1) is 14.3. The number of aliphatic hydroxyl groups excluding tert-OH is 1. The number of hydrogen-bond acceptors (Lipinski definition) is 5. The minimum Gasteiger partial charge on any atom is -0.459 e. The first-order valence-electron chi connectivity index (χ1n) is 6.29. The maximum absolute atomic E-state index is 11.4. The largest absolute Gasteiger partial charge is 0.459 e. The molecule has 0 saturated carbocycles. The first-order chi connectivity index (χ1) is 8.50. The van der Waals surface area contributed by atoms with Crippen LogP contribution in [-0.2, 0) is 9.53 Å². The third-order valence-corrected chi connectivity index (χ3v) is 7.03. The van der Waals surface area contributed by atoms with Crippen molar-refractivity contribution in [2.75, 3.05) is 18.1 Å². The van der Waals surface area contributed by atoms with Crippen molar-refractivity contribution in [3.8, 4) is 0 Å². The van der Waals surface area contributed by atoms with E-state index in [1.165, 1.54) is 17.9 Å². The number of rotatable bonds is 3. The molecule has 0 amide bonds. The summed E-state index contributed by atoms with van der Waals surface area (Å²) < 4.78 is 5.39. The van der Waals surface area contributed by atoms with Gasteiger partial charge in [0.2, 0.25) is 0 Å². The molecule has 2 rings (SSSR count). The second-order valence-corrected chi connectivity index (χ2v) is 8.12. The van der Waals surface area contributed by atoms with Crippen LogP contribution in [-0.4, -0.2) is 39.9 Å². The van der Waals surface area contributed by atoms with Gasteiger partial charge in [-0.25, -0.2) is 4.79 Å². The molecule has 0 spiro atoms. The minimum absolute atomic E-state index is 0.109. The number of cyclic esters (lactones) is 1. The predicted octanol–water partition coefficient (Wildman–Crippen LogP) is 2.44. The Morgan fingerprint density at radius 2 is 2.11 bits per heavy atom. The molecule has 102 valence electrons. The van der Waals surface area contributed by atoms with Crippen LogP contribution in [0.1, 0.15) is 26.7 Å².